The predicted octanol–water partition coefficient (Wildman–Crippen LogP) is 4.99. The van der Waals surface area contributed by atoms with Crippen molar-refractivity contribution in [1.29, 1.82) is 0 Å². The standard InChI is InChI=1S/C14H30/c1-10(2)9-14(11(3)4,12(5)6)13(7)8/h10-13H,9H2,1-8H3. The smallest absolute Gasteiger partial charge is 0.0226 e. The quantitative estimate of drug-likeness (QED) is 0.584. The fourth-order valence-electron chi connectivity index (χ4n) is 3.41. The largest absolute Gasteiger partial charge is 0.0628 e. The minimum Gasteiger partial charge on any atom is -0.0628 e. The van der Waals surface area contributed by atoms with E-state index in [0.717, 1.165) is 23.7 Å². The first kappa shape index (κ1) is 14.0. The van der Waals surface area contributed by atoms with E-state index in [4.69, 9.17) is 0 Å². The normalized spacial score (nSPS) is 13.7. The summed E-state index contributed by atoms with van der Waals surface area (Å²) < 4.78 is 0. The van der Waals surface area contributed by atoms with Gasteiger partial charge >= 0.3 is 0 Å². The van der Waals surface area contributed by atoms with Crippen LogP contribution in [-0.4, -0.2) is 0 Å². The highest BCUT2D eigenvalue weighted by Crippen LogP contribution is 2.47. The fourth-order valence-corrected chi connectivity index (χ4v) is 3.41. The molecule has 0 amide bonds. The van der Waals surface area contributed by atoms with E-state index in [1.54, 1.807) is 0 Å². The number of hydrogen-bond donors (Lipinski definition) is 0. The van der Waals surface area contributed by atoms with Crippen LogP contribution in [0.3, 0.4) is 0 Å². The molecule has 0 heterocycles. The molecule has 0 aliphatic rings. The van der Waals surface area contributed by atoms with Gasteiger partial charge in [0.05, 0.1) is 0 Å². The van der Waals surface area contributed by atoms with E-state index in [2.05, 4.69) is 55.4 Å². The molecule has 0 saturated heterocycles. The van der Waals surface area contributed by atoms with Gasteiger partial charge in [0.15, 0.2) is 0 Å². The van der Waals surface area contributed by atoms with Crippen LogP contribution in [0.2, 0.25) is 0 Å². The molecule has 0 bridgehead atoms. The van der Waals surface area contributed by atoms with Crippen LogP contribution in [0.1, 0.15) is 61.8 Å². The Morgan fingerprint density at radius 1 is 0.643 bits per heavy atom. The Labute approximate surface area is 91.5 Å². The third-order valence-electron chi connectivity index (χ3n) is 3.99. The van der Waals surface area contributed by atoms with Crippen molar-refractivity contribution < 1.29 is 0 Å². The Morgan fingerprint density at radius 3 is 1.00 bits per heavy atom. The first-order valence-electron chi connectivity index (χ1n) is 6.25. The van der Waals surface area contributed by atoms with Gasteiger partial charge < -0.3 is 0 Å². The van der Waals surface area contributed by atoms with E-state index in [-0.39, 0.29) is 0 Å². The van der Waals surface area contributed by atoms with Gasteiger partial charge in [-0.05, 0) is 35.5 Å². The third kappa shape index (κ3) is 2.74. The van der Waals surface area contributed by atoms with Crippen LogP contribution in [0.4, 0.5) is 0 Å². The Hall–Kier alpha value is 0. The molecule has 0 radical (unpaired) electrons. The maximum atomic E-state index is 2.39. The molecule has 0 rings (SSSR count). The highest BCUT2D eigenvalue weighted by molar-refractivity contribution is 4.88. The van der Waals surface area contributed by atoms with Gasteiger partial charge in [-0.25, -0.2) is 0 Å². The van der Waals surface area contributed by atoms with Gasteiger partial charge in [-0.15, -0.1) is 0 Å². The molecule has 0 fully saturated rings. The van der Waals surface area contributed by atoms with Crippen molar-refractivity contribution >= 4 is 0 Å². The summed E-state index contributed by atoms with van der Waals surface area (Å²) in [5.74, 6) is 3.15. The summed E-state index contributed by atoms with van der Waals surface area (Å²) in [6, 6.07) is 0. The van der Waals surface area contributed by atoms with Crippen molar-refractivity contribution in [2.75, 3.05) is 0 Å². The monoisotopic (exact) mass is 198 g/mol. The third-order valence-corrected chi connectivity index (χ3v) is 3.99. The molecule has 0 saturated carbocycles. The zero-order valence-electron chi connectivity index (χ0n) is 11.5. The Morgan fingerprint density at radius 2 is 0.929 bits per heavy atom. The van der Waals surface area contributed by atoms with Gasteiger partial charge in [0.25, 0.3) is 0 Å². The molecule has 0 aromatic rings. The molecule has 0 aromatic carbocycles. The zero-order valence-corrected chi connectivity index (χ0v) is 11.5. The lowest BCUT2D eigenvalue weighted by molar-refractivity contribution is 0.0246. The minimum atomic E-state index is 0.522. The van der Waals surface area contributed by atoms with Crippen LogP contribution >= 0.6 is 0 Å². The predicted molar refractivity (Wildman–Crippen MR) is 66.4 cm³/mol. The van der Waals surface area contributed by atoms with Crippen molar-refractivity contribution in [2.45, 2.75) is 61.8 Å². The van der Waals surface area contributed by atoms with Gasteiger partial charge in [-0.1, -0.05) is 55.4 Å². The highest BCUT2D eigenvalue weighted by Gasteiger charge is 2.40. The van der Waals surface area contributed by atoms with E-state index < -0.39 is 0 Å². The van der Waals surface area contributed by atoms with Crippen LogP contribution in [0.25, 0.3) is 0 Å². The molecule has 0 aliphatic heterocycles. The minimum absolute atomic E-state index is 0.522. The lowest BCUT2D eigenvalue weighted by Crippen LogP contribution is -2.39. The molecule has 86 valence electrons. The average Bonchev–Trinajstić information content (AvgIpc) is 1.97. The van der Waals surface area contributed by atoms with Crippen LogP contribution in [0, 0.1) is 29.1 Å². The summed E-state index contributed by atoms with van der Waals surface area (Å²) in [5.41, 5.74) is 0.522. The number of hydrogen-bond acceptors (Lipinski definition) is 0. The molecular formula is C14H30. The Kier molecular flexibility index (Phi) is 5.19. The van der Waals surface area contributed by atoms with E-state index in [0.29, 0.717) is 5.41 Å². The summed E-state index contributed by atoms with van der Waals surface area (Å²) in [4.78, 5) is 0. The summed E-state index contributed by atoms with van der Waals surface area (Å²) in [7, 11) is 0. The second-order valence-electron chi connectivity index (χ2n) is 6.17. The summed E-state index contributed by atoms with van der Waals surface area (Å²) in [6.45, 7) is 19.0. The lowest BCUT2D eigenvalue weighted by atomic mass is 9.59. The highest BCUT2D eigenvalue weighted by atomic mass is 14.4. The topological polar surface area (TPSA) is 0 Å². The maximum absolute atomic E-state index is 2.39. The first-order chi connectivity index (χ1) is 6.25. The van der Waals surface area contributed by atoms with Crippen LogP contribution < -0.4 is 0 Å². The van der Waals surface area contributed by atoms with Gasteiger partial charge in [-0.2, -0.15) is 0 Å². The molecule has 0 unspecified atom stereocenters. The molecule has 0 N–H and O–H groups in total. The van der Waals surface area contributed by atoms with Crippen molar-refractivity contribution in [2.24, 2.45) is 29.1 Å². The average molecular weight is 198 g/mol. The van der Waals surface area contributed by atoms with E-state index in [1.165, 1.54) is 6.42 Å². The van der Waals surface area contributed by atoms with Crippen LogP contribution in [0.15, 0.2) is 0 Å². The molecule has 0 atom stereocenters. The number of rotatable bonds is 5. The Balaban J connectivity index is 4.95. The van der Waals surface area contributed by atoms with E-state index >= 15 is 0 Å². The van der Waals surface area contributed by atoms with E-state index in [9.17, 15) is 0 Å². The van der Waals surface area contributed by atoms with Crippen molar-refractivity contribution in [3.05, 3.63) is 0 Å². The second-order valence-corrected chi connectivity index (χ2v) is 6.17. The maximum Gasteiger partial charge on any atom is -0.0226 e. The summed E-state index contributed by atoms with van der Waals surface area (Å²) in [5, 5.41) is 0. The van der Waals surface area contributed by atoms with Gasteiger partial charge in [0, 0.05) is 0 Å². The van der Waals surface area contributed by atoms with Gasteiger partial charge in [-0.3, -0.25) is 0 Å². The molecule has 0 aliphatic carbocycles. The summed E-state index contributed by atoms with van der Waals surface area (Å²) in [6.07, 6.45) is 1.36. The molecule has 0 spiro atoms. The van der Waals surface area contributed by atoms with E-state index in [1.807, 2.05) is 0 Å². The van der Waals surface area contributed by atoms with Gasteiger partial charge in [0.1, 0.15) is 0 Å². The summed E-state index contributed by atoms with van der Waals surface area (Å²) >= 11 is 0. The first-order valence-corrected chi connectivity index (χ1v) is 6.25. The van der Waals surface area contributed by atoms with Crippen LogP contribution in [0.5, 0.6) is 0 Å². The van der Waals surface area contributed by atoms with Crippen molar-refractivity contribution in [3.63, 3.8) is 0 Å². The second kappa shape index (κ2) is 5.19. The molecule has 0 heteroatoms. The van der Waals surface area contributed by atoms with Crippen molar-refractivity contribution in [3.8, 4) is 0 Å². The zero-order chi connectivity index (χ0) is 11.5. The van der Waals surface area contributed by atoms with Crippen molar-refractivity contribution in [1.82, 2.24) is 0 Å². The van der Waals surface area contributed by atoms with Crippen LogP contribution in [-0.2, 0) is 0 Å². The SMILES string of the molecule is CC(C)CC(C(C)C)(C(C)C)C(C)C. The lowest BCUT2D eigenvalue weighted by Gasteiger charge is -2.46. The fraction of sp³-hybridized carbons (Fsp3) is 1.00. The molecule has 0 nitrogen and oxygen atoms in total. The molecular weight excluding hydrogens is 168 g/mol. The molecule has 14 heavy (non-hydrogen) atoms. The Bertz CT molecular complexity index is 130. The molecule has 0 aromatic heterocycles. The van der Waals surface area contributed by atoms with Gasteiger partial charge in [0.2, 0.25) is 0 Å².